The number of fused-ring (bicyclic) bond motifs is 3. The summed E-state index contributed by atoms with van der Waals surface area (Å²) in [6.07, 6.45) is 0.972. The van der Waals surface area contributed by atoms with Gasteiger partial charge in [-0.25, -0.2) is 0 Å². The Kier molecular flexibility index (Phi) is 16.9. The summed E-state index contributed by atoms with van der Waals surface area (Å²) < 4.78 is 76.7. The topological polar surface area (TPSA) is 0 Å². The molecule has 8 rings (SSSR count). The van der Waals surface area contributed by atoms with E-state index < -0.39 is 23.5 Å². The minimum Gasteiger partial charge on any atom is -1.00 e. The molecule has 9 heteroatoms. The molecular formula is C53H48Cl2F6Zr-2. The van der Waals surface area contributed by atoms with Crippen molar-refractivity contribution in [3.8, 4) is 33.4 Å². The van der Waals surface area contributed by atoms with Crippen LogP contribution in [-0.4, -0.2) is 3.21 Å². The van der Waals surface area contributed by atoms with Gasteiger partial charge >= 0.3 is 137 Å². The second kappa shape index (κ2) is 20.6. The monoisotopic (exact) mass is 958 g/mol. The number of hydrogen-bond acceptors (Lipinski definition) is 0. The molecule has 62 heavy (non-hydrogen) atoms. The second-order valence-electron chi connectivity index (χ2n) is 17.2. The number of halogens is 8. The molecule has 0 aliphatic heterocycles. The van der Waals surface area contributed by atoms with Gasteiger partial charge in [-0.2, -0.15) is 6.42 Å². The Labute approximate surface area is 390 Å². The van der Waals surface area contributed by atoms with Gasteiger partial charge in [0.2, 0.25) is 0 Å². The van der Waals surface area contributed by atoms with Gasteiger partial charge in [-0.05, 0) is 39.5 Å². The van der Waals surface area contributed by atoms with Crippen LogP contribution in [0.25, 0.3) is 33.4 Å². The van der Waals surface area contributed by atoms with Crippen LogP contribution in [0.3, 0.4) is 0 Å². The van der Waals surface area contributed by atoms with Gasteiger partial charge in [0.15, 0.2) is 0 Å². The van der Waals surface area contributed by atoms with Crippen LogP contribution in [0.4, 0.5) is 26.3 Å². The number of rotatable bonds is 4. The fraction of sp³-hybridized carbons (Fsp3) is 0.264. The van der Waals surface area contributed by atoms with E-state index in [-0.39, 0.29) is 46.8 Å². The number of alkyl halides is 6. The van der Waals surface area contributed by atoms with Gasteiger partial charge in [-0.3, -0.25) is 6.08 Å². The molecule has 0 saturated heterocycles. The van der Waals surface area contributed by atoms with Crippen LogP contribution < -0.4 is 24.8 Å². The zero-order chi connectivity index (χ0) is 43.5. The Balaban J connectivity index is 0.000000252. The number of allylic oxidation sites excluding steroid dienone is 2. The molecule has 2 aliphatic rings. The third-order valence-electron chi connectivity index (χ3n) is 10.6. The minimum atomic E-state index is -4.49. The first-order valence-corrected chi connectivity index (χ1v) is 21.3. The Bertz CT molecular complexity index is 2320. The van der Waals surface area contributed by atoms with Crippen molar-refractivity contribution in [1.82, 2.24) is 0 Å². The molecule has 0 spiro atoms. The van der Waals surface area contributed by atoms with E-state index in [0.717, 1.165) is 54.9 Å². The molecule has 0 fully saturated rings. The van der Waals surface area contributed by atoms with E-state index in [4.69, 9.17) is 0 Å². The van der Waals surface area contributed by atoms with E-state index in [1.54, 1.807) is 0 Å². The van der Waals surface area contributed by atoms with Crippen LogP contribution in [0.15, 0.2) is 133 Å². The molecule has 0 amide bonds. The normalized spacial score (nSPS) is 13.0. The van der Waals surface area contributed by atoms with Crippen molar-refractivity contribution >= 4 is 3.21 Å². The maximum absolute atomic E-state index is 12.7. The summed E-state index contributed by atoms with van der Waals surface area (Å²) >= 11 is 0.729. The predicted molar refractivity (Wildman–Crippen MR) is 230 cm³/mol. The fourth-order valence-corrected chi connectivity index (χ4v) is 8.25. The van der Waals surface area contributed by atoms with Crippen molar-refractivity contribution in [1.29, 1.82) is 0 Å². The van der Waals surface area contributed by atoms with E-state index in [9.17, 15) is 26.3 Å². The summed E-state index contributed by atoms with van der Waals surface area (Å²) in [5, 5.41) is 0. The van der Waals surface area contributed by atoms with Gasteiger partial charge in [0.25, 0.3) is 0 Å². The molecule has 322 valence electrons. The third-order valence-corrected chi connectivity index (χ3v) is 12.0. The van der Waals surface area contributed by atoms with Gasteiger partial charge < -0.3 is 30.9 Å². The second-order valence-corrected chi connectivity index (χ2v) is 18.5. The van der Waals surface area contributed by atoms with Gasteiger partial charge in [-0.1, -0.05) is 144 Å². The Morgan fingerprint density at radius 1 is 0.548 bits per heavy atom. The van der Waals surface area contributed by atoms with Crippen molar-refractivity contribution in [2.24, 2.45) is 0 Å². The maximum atomic E-state index is 12.7. The molecule has 0 N–H and O–H groups in total. The number of hydrogen-bond donors (Lipinski definition) is 0. The molecule has 0 heterocycles. The molecule has 0 unspecified atom stereocenters. The minimum absolute atomic E-state index is 0. The molecule has 0 saturated carbocycles. The average molecular weight is 961 g/mol. The van der Waals surface area contributed by atoms with Crippen LogP contribution in [0.1, 0.15) is 105 Å². The Morgan fingerprint density at radius 3 is 1.48 bits per heavy atom. The summed E-state index contributed by atoms with van der Waals surface area (Å²) in [6.45, 7) is 13.9. The average Bonchev–Trinajstić information content (AvgIpc) is 3.91. The zero-order valence-corrected chi connectivity index (χ0v) is 39.5. The van der Waals surface area contributed by atoms with E-state index in [2.05, 4.69) is 139 Å². The predicted octanol–water partition coefficient (Wildman–Crippen LogP) is 9.36. The van der Waals surface area contributed by atoms with Crippen LogP contribution in [0.5, 0.6) is 0 Å². The van der Waals surface area contributed by atoms with Gasteiger partial charge in [0.1, 0.15) is 0 Å². The first-order chi connectivity index (χ1) is 28.2. The van der Waals surface area contributed by atoms with Crippen molar-refractivity contribution < 1.29 is 75.4 Å². The van der Waals surface area contributed by atoms with E-state index >= 15 is 0 Å². The van der Waals surface area contributed by atoms with Gasteiger partial charge in [0.05, 0.1) is 0 Å². The Hall–Kier alpha value is -4.03. The molecule has 0 atom stereocenters. The molecule has 0 nitrogen and oxygen atoms in total. The molecule has 6 aromatic carbocycles. The first kappa shape index (κ1) is 50.6. The summed E-state index contributed by atoms with van der Waals surface area (Å²) in [5.74, 6) is 0. The molecule has 0 radical (unpaired) electrons. The summed E-state index contributed by atoms with van der Waals surface area (Å²) in [7, 11) is 0. The van der Waals surface area contributed by atoms with Gasteiger partial charge in [0, 0.05) is 0 Å². The van der Waals surface area contributed by atoms with E-state index in [1.165, 1.54) is 99.2 Å². The first-order valence-electron chi connectivity index (χ1n) is 20.1. The maximum Gasteiger partial charge on any atom is -0.0694 e. The summed E-state index contributed by atoms with van der Waals surface area (Å²) in [6, 6.07) is 42.0. The molecular weight excluding hydrogens is 913 g/mol. The summed E-state index contributed by atoms with van der Waals surface area (Å²) in [4.78, 5) is 0. The molecule has 0 bridgehead atoms. The summed E-state index contributed by atoms with van der Waals surface area (Å²) in [5.41, 5.74) is 12.4. The van der Waals surface area contributed by atoms with Crippen molar-refractivity contribution in [2.45, 2.75) is 90.4 Å². The molecule has 2 aliphatic carbocycles. The third kappa shape index (κ3) is 12.4. The standard InChI is InChI=1S/C33H33.C15H8F6.C5H7.2ClH.Zr/c1-32(2,3)30-20-26-24(18-28(30)22-13-9-7-10-14-22)17-25-19-29(23-15-11-8-12-16-23)31(21-27(25)26)33(4,5)6;16-14(17,18)12-5-1-3-10(8-12)7-11-4-2-6-13(9-11)15(19,20)21;1-2-4-5-3-1;;;/h7-16,18,20-21H,17H2,1-6H3;1-6,8-9H;1H,2,4-5H2;2*1H;/q-1;;-1;;;+2/p-2. The van der Waals surface area contributed by atoms with Crippen molar-refractivity contribution in [2.75, 3.05) is 0 Å². The van der Waals surface area contributed by atoms with Crippen LogP contribution in [0, 0.1) is 12.1 Å². The zero-order valence-electron chi connectivity index (χ0n) is 35.6. The Morgan fingerprint density at radius 2 is 1.05 bits per heavy atom. The van der Waals surface area contributed by atoms with Gasteiger partial charge in [-0.15, -0.1) is 28.8 Å². The fourth-order valence-electron chi connectivity index (χ4n) is 7.48. The molecule has 0 aromatic heterocycles. The molecule has 6 aromatic rings. The van der Waals surface area contributed by atoms with Crippen molar-refractivity contribution in [3.05, 3.63) is 190 Å². The van der Waals surface area contributed by atoms with Crippen LogP contribution >= 0.6 is 0 Å². The quantitative estimate of drug-likeness (QED) is 0.122. The van der Waals surface area contributed by atoms with Crippen molar-refractivity contribution in [3.63, 3.8) is 0 Å². The largest absolute Gasteiger partial charge is 1.00 e. The smallest absolute Gasteiger partial charge is 0.0694 e. The SMILES string of the molecule is CC(C)(C)c1cc2c([c-]c1-c1ccccc1)Cc1cc(-c3ccccc3)c(C(C)(C)C)cc1-2.FC(F)(F)c1cccc([C](=[Zr+2])c2cccc(C(F)(F)F)c2)c1.[C-]1=CCCC1.[Cl-].[Cl-]. The number of benzene rings is 6. The van der Waals surface area contributed by atoms with E-state index in [1.807, 2.05) is 0 Å². The van der Waals surface area contributed by atoms with E-state index in [0.29, 0.717) is 3.21 Å². The van der Waals surface area contributed by atoms with Crippen LogP contribution in [0.2, 0.25) is 0 Å². The van der Waals surface area contributed by atoms with Crippen LogP contribution in [-0.2, 0) is 53.8 Å².